The summed E-state index contributed by atoms with van der Waals surface area (Å²) in [5.74, 6) is -0.345. The molecule has 0 bridgehead atoms. The van der Waals surface area contributed by atoms with Crippen LogP contribution in [0.4, 0.5) is 4.39 Å². The van der Waals surface area contributed by atoms with E-state index in [-0.39, 0.29) is 5.82 Å². The molecule has 1 nitrogen and oxygen atoms in total. The summed E-state index contributed by atoms with van der Waals surface area (Å²) in [5, 5.41) is 0.356. The summed E-state index contributed by atoms with van der Waals surface area (Å²) in [6.45, 7) is 2.07. The van der Waals surface area contributed by atoms with Crippen molar-refractivity contribution in [2.75, 3.05) is 0 Å². The topological polar surface area (TPSA) is 26.0 Å². The van der Waals surface area contributed by atoms with Crippen molar-refractivity contribution < 1.29 is 4.39 Å². The highest BCUT2D eigenvalue weighted by atomic mass is 35.5. The molecule has 0 aliphatic rings. The Hall–Kier alpha value is -1.02. The highest BCUT2D eigenvalue weighted by Crippen LogP contribution is 2.22. The van der Waals surface area contributed by atoms with Crippen molar-refractivity contribution in [3.8, 4) is 0 Å². The van der Waals surface area contributed by atoms with Gasteiger partial charge in [-0.25, -0.2) is 4.39 Å². The van der Waals surface area contributed by atoms with Crippen LogP contribution in [0.3, 0.4) is 0 Å². The first kappa shape index (κ1) is 11.1. The number of hydrogen-bond acceptors (Lipinski definition) is 1. The van der Waals surface area contributed by atoms with Crippen molar-refractivity contribution in [3.63, 3.8) is 0 Å². The zero-order chi connectivity index (χ0) is 10.6. The number of nitrogens with two attached hydrogens (primary N) is 1. The van der Waals surface area contributed by atoms with Gasteiger partial charge in [-0.05, 0) is 24.6 Å². The first-order valence-electron chi connectivity index (χ1n) is 4.56. The fourth-order valence-electron chi connectivity index (χ4n) is 1.13. The summed E-state index contributed by atoms with van der Waals surface area (Å²) >= 11 is 5.84. The molecule has 0 saturated heterocycles. The van der Waals surface area contributed by atoms with E-state index in [0.29, 0.717) is 16.3 Å². The molecule has 76 valence electrons. The number of benzene rings is 1. The predicted octanol–water partition coefficient (Wildman–Crippen LogP) is 3.58. The molecule has 0 radical (unpaired) electrons. The quantitative estimate of drug-likeness (QED) is 0.816. The van der Waals surface area contributed by atoms with E-state index < -0.39 is 0 Å². The van der Waals surface area contributed by atoms with Crippen LogP contribution in [-0.2, 0) is 0 Å². The highest BCUT2D eigenvalue weighted by molar-refractivity contribution is 6.32. The molecular weight excluding hydrogens is 201 g/mol. The molecule has 0 saturated carbocycles. The van der Waals surface area contributed by atoms with Crippen molar-refractivity contribution in [1.29, 1.82) is 0 Å². The average Bonchev–Trinajstić information content (AvgIpc) is 2.14. The average molecular weight is 214 g/mol. The maximum Gasteiger partial charge on any atom is 0.124 e. The number of hydrogen-bond donors (Lipinski definition) is 1. The lowest BCUT2D eigenvalue weighted by Crippen LogP contribution is -1.97. The van der Waals surface area contributed by atoms with Crippen LogP contribution in [0.1, 0.15) is 25.3 Å². The van der Waals surface area contributed by atoms with Gasteiger partial charge in [0.15, 0.2) is 0 Å². The van der Waals surface area contributed by atoms with Gasteiger partial charge in [0.2, 0.25) is 0 Å². The SMILES string of the molecule is CCC/C=C(/N)c1ccc(F)cc1Cl. The molecule has 0 atom stereocenters. The third-order valence-corrected chi connectivity index (χ3v) is 2.21. The summed E-state index contributed by atoms with van der Waals surface area (Å²) < 4.78 is 12.7. The van der Waals surface area contributed by atoms with Gasteiger partial charge in [0.05, 0.1) is 5.02 Å². The molecule has 1 aromatic rings. The fraction of sp³-hybridized carbons (Fsp3) is 0.273. The van der Waals surface area contributed by atoms with Crippen LogP contribution in [0.2, 0.25) is 5.02 Å². The van der Waals surface area contributed by atoms with E-state index in [0.717, 1.165) is 12.8 Å². The molecule has 2 N–H and O–H groups in total. The van der Waals surface area contributed by atoms with Gasteiger partial charge < -0.3 is 5.73 Å². The molecule has 0 spiro atoms. The van der Waals surface area contributed by atoms with E-state index in [4.69, 9.17) is 17.3 Å². The normalized spacial score (nSPS) is 11.8. The molecule has 0 unspecified atom stereocenters. The van der Waals surface area contributed by atoms with Gasteiger partial charge in [0, 0.05) is 11.3 Å². The van der Waals surface area contributed by atoms with Crippen LogP contribution in [0.5, 0.6) is 0 Å². The first-order valence-corrected chi connectivity index (χ1v) is 4.94. The number of allylic oxidation sites excluding steroid dienone is 1. The maximum atomic E-state index is 12.7. The van der Waals surface area contributed by atoms with Gasteiger partial charge in [-0.15, -0.1) is 0 Å². The second-order valence-corrected chi connectivity index (χ2v) is 3.48. The van der Waals surface area contributed by atoms with E-state index in [1.54, 1.807) is 6.07 Å². The molecule has 0 heterocycles. The van der Waals surface area contributed by atoms with E-state index in [2.05, 4.69) is 6.92 Å². The number of halogens is 2. The minimum absolute atomic E-state index is 0.345. The monoisotopic (exact) mass is 213 g/mol. The Bertz CT molecular complexity index is 347. The Morgan fingerprint density at radius 3 is 2.86 bits per heavy atom. The Balaban J connectivity index is 2.95. The van der Waals surface area contributed by atoms with Crippen LogP contribution in [-0.4, -0.2) is 0 Å². The van der Waals surface area contributed by atoms with Gasteiger partial charge in [-0.3, -0.25) is 0 Å². The molecule has 14 heavy (non-hydrogen) atoms. The van der Waals surface area contributed by atoms with Crippen LogP contribution < -0.4 is 5.73 Å². The lowest BCUT2D eigenvalue weighted by atomic mass is 10.1. The highest BCUT2D eigenvalue weighted by Gasteiger charge is 2.03. The Kier molecular flexibility index (Phi) is 3.96. The predicted molar refractivity (Wildman–Crippen MR) is 58.5 cm³/mol. The minimum Gasteiger partial charge on any atom is -0.398 e. The third-order valence-electron chi connectivity index (χ3n) is 1.90. The molecule has 0 aromatic heterocycles. The first-order chi connectivity index (χ1) is 6.65. The van der Waals surface area contributed by atoms with E-state index >= 15 is 0 Å². The van der Waals surface area contributed by atoms with Gasteiger partial charge in [-0.2, -0.15) is 0 Å². The van der Waals surface area contributed by atoms with Crippen molar-refractivity contribution in [2.45, 2.75) is 19.8 Å². The summed E-state index contributed by atoms with van der Waals surface area (Å²) in [6, 6.07) is 4.22. The molecule has 3 heteroatoms. The molecular formula is C11H13ClFN. The van der Waals surface area contributed by atoms with Crippen molar-refractivity contribution >= 4 is 17.3 Å². The lowest BCUT2D eigenvalue weighted by Gasteiger charge is -2.04. The van der Waals surface area contributed by atoms with E-state index in [1.807, 2.05) is 6.08 Å². The second-order valence-electron chi connectivity index (χ2n) is 3.07. The standard InChI is InChI=1S/C11H13ClFN/c1-2-3-4-11(14)9-6-5-8(13)7-10(9)12/h4-7H,2-3,14H2,1H3/b11-4+. The number of unbranched alkanes of at least 4 members (excludes halogenated alkanes) is 1. The van der Waals surface area contributed by atoms with E-state index in [9.17, 15) is 4.39 Å². The molecule has 0 aliphatic heterocycles. The molecule has 1 rings (SSSR count). The molecule has 0 aliphatic carbocycles. The van der Waals surface area contributed by atoms with E-state index in [1.165, 1.54) is 12.1 Å². The molecule has 0 fully saturated rings. The van der Waals surface area contributed by atoms with Gasteiger partial charge in [0.1, 0.15) is 5.82 Å². The minimum atomic E-state index is -0.345. The zero-order valence-electron chi connectivity index (χ0n) is 8.06. The molecule has 1 aromatic carbocycles. The van der Waals surface area contributed by atoms with Crippen LogP contribution >= 0.6 is 11.6 Å². The van der Waals surface area contributed by atoms with Crippen LogP contribution in [0.25, 0.3) is 5.70 Å². The zero-order valence-corrected chi connectivity index (χ0v) is 8.81. The number of rotatable bonds is 3. The van der Waals surface area contributed by atoms with Crippen molar-refractivity contribution in [1.82, 2.24) is 0 Å². The fourth-order valence-corrected chi connectivity index (χ4v) is 1.41. The maximum absolute atomic E-state index is 12.7. The summed E-state index contributed by atoms with van der Waals surface area (Å²) in [4.78, 5) is 0. The van der Waals surface area contributed by atoms with Gasteiger partial charge in [-0.1, -0.05) is 31.0 Å². The van der Waals surface area contributed by atoms with Crippen molar-refractivity contribution in [2.24, 2.45) is 5.73 Å². The Morgan fingerprint density at radius 1 is 1.57 bits per heavy atom. The van der Waals surface area contributed by atoms with Gasteiger partial charge >= 0.3 is 0 Å². The summed E-state index contributed by atoms with van der Waals surface area (Å²) in [5.41, 5.74) is 7.09. The van der Waals surface area contributed by atoms with Crippen LogP contribution in [0.15, 0.2) is 24.3 Å². The smallest absolute Gasteiger partial charge is 0.124 e. The largest absolute Gasteiger partial charge is 0.398 e. The summed E-state index contributed by atoms with van der Waals surface area (Å²) in [6.07, 6.45) is 3.83. The Morgan fingerprint density at radius 2 is 2.29 bits per heavy atom. The van der Waals surface area contributed by atoms with Crippen LogP contribution in [0, 0.1) is 5.82 Å². The lowest BCUT2D eigenvalue weighted by molar-refractivity contribution is 0.628. The Labute approximate surface area is 88.4 Å². The summed E-state index contributed by atoms with van der Waals surface area (Å²) in [7, 11) is 0. The molecule has 0 amide bonds. The second kappa shape index (κ2) is 5.01. The third kappa shape index (κ3) is 2.74. The van der Waals surface area contributed by atoms with Gasteiger partial charge in [0.25, 0.3) is 0 Å². The van der Waals surface area contributed by atoms with Crippen molar-refractivity contribution in [3.05, 3.63) is 40.7 Å².